The number of ether oxygens (including phenoxy) is 1. The molecule has 0 aliphatic carbocycles. The predicted molar refractivity (Wildman–Crippen MR) is 101 cm³/mol. The van der Waals surface area contributed by atoms with Crippen LogP contribution < -0.4 is 11.3 Å². The highest BCUT2D eigenvalue weighted by Gasteiger charge is 2.22. The standard InChI is InChI=1S/C19H16N6O3/c1-19(2,3)28-18(27)25-14-5-4-10(6-11(14)9-23-25)15-12(7-20)16(22)24-17(26)13(15)8-21/h4-6,9H,1-3H3,(H3,22,24,26). The average molecular weight is 376 g/mol. The van der Waals surface area contributed by atoms with Gasteiger partial charge in [0.1, 0.15) is 34.7 Å². The van der Waals surface area contributed by atoms with Crippen molar-refractivity contribution in [2.24, 2.45) is 0 Å². The smallest absolute Gasteiger partial charge is 0.435 e. The van der Waals surface area contributed by atoms with Crippen molar-refractivity contribution in [3.8, 4) is 23.3 Å². The fourth-order valence-electron chi connectivity index (χ4n) is 2.77. The Kier molecular flexibility index (Phi) is 4.38. The Labute approximate surface area is 159 Å². The molecular weight excluding hydrogens is 360 g/mol. The maximum atomic E-state index is 12.3. The number of hydrogen-bond acceptors (Lipinski definition) is 7. The minimum absolute atomic E-state index is 0.00460. The van der Waals surface area contributed by atoms with E-state index >= 15 is 0 Å². The summed E-state index contributed by atoms with van der Waals surface area (Å²) in [6, 6.07) is 8.54. The highest BCUT2D eigenvalue weighted by Crippen LogP contribution is 2.30. The number of fused-ring (bicyclic) bond motifs is 1. The molecule has 0 bridgehead atoms. The number of benzene rings is 1. The van der Waals surface area contributed by atoms with Crippen LogP contribution in [0.5, 0.6) is 0 Å². The molecule has 3 rings (SSSR count). The van der Waals surface area contributed by atoms with Crippen molar-refractivity contribution in [2.45, 2.75) is 26.4 Å². The van der Waals surface area contributed by atoms with Gasteiger partial charge < -0.3 is 15.5 Å². The zero-order valence-corrected chi connectivity index (χ0v) is 15.4. The second kappa shape index (κ2) is 6.56. The Morgan fingerprint density at radius 3 is 2.54 bits per heavy atom. The van der Waals surface area contributed by atoms with Gasteiger partial charge in [-0.25, -0.2) is 4.79 Å². The van der Waals surface area contributed by atoms with Crippen molar-refractivity contribution in [1.29, 1.82) is 10.5 Å². The second-order valence-corrected chi connectivity index (χ2v) is 7.03. The Morgan fingerprint density at radius 2 is 1.93 bits per heavy atom. The third-order valence-electron chi connectivity index (χ3n) is 3.89. The summed E-state index contributed by atoms with van der Waals surface area (Å²) in [6.45, 7) is 5.25. The second-order valence-electron chi connectivity index (χ2n) is 7.03. The van der Waals surface area contributed by atoms with Gasteiger partial charge in [-0.1, -0.05) is 6.07 Å². The Bertz CT molecular complexity index is 1250. The lowest BCUT2D eigenvalue weighted by Crippen LogP contribution is -2.27. The molecule has 2 aromatic heterocycles. The molecule has 0 amide bonds. The van der Waals surface area contributed by atoms with E-state index in [9.17, 15) is 20.1 Å². The molecule has 0 atom stereocenters. The van der Waals surface area contributed by atoms with Crippen molar-refractivity contribution < 1.29 is 9.53 Å². The number of nitrogen functional groups attached to an aromatic ring is 1. The number of nitrogens with two attached hydrogens (primary N) is 1. The molecule has 0 unspecified atom stereocenters. The molecular formula is C19H16N6O3. The molecule has 0 saturated heterocycles. The summed E-state index contributed by atoms with van der Waals surface area (Å²) in [5, 5.41) is 23.4. The quantitative estimate of drug-likeness (QED) is 0.662. The number of nitriles is 2. The first-order chi connectivity index (χ1) is 13.2. The molecule has 1 aromatic carbocycles. The molecule has 0 spiro atoms. The highest BCUT2D eigenvalue weighted by atomic mass is 16.6. The number of nitrogens with zero attached hydrogens (tertiary/aromatic N) is 4. The minimum atomic E-state index is -0.682. The van der Waals surface area contributed by atoms with Crippen molar-refractivity contribution >= 4 is 22.8 Å². The van der Waals surface area contributed by atoms with Gasteiger partial charge in [-0.2, -0.15) is 20.3 Å². The summed E-state index contributed by atoms with van der Waals surface area (Å²) in [5.41, 5.74) is 5.21. The van der Waals surface area contributed by atoms with Gasteiger partial charge in [0.05, 0.1) is 11.7 Å². The zero-order valence-electron chi connectivity index (χ0n) is 15.4. The number of carbonyl (C=O) groups excluding carboxylic acids is 1. The molecule has 0 saturated carbocycles. The number of aromatic nitrogens is 3. The van der Waals surface area contributed by atoms with Crippen LogP contribution in [0.15, 0.2) is 29.2 Å². The lowest BCUT2D eigenvalue weighted by Gasteiger charge is -2.19. The van der Waals surface area contributed by atoms with E-state index in [1.165, 1.54) is 6.20 Å². The van der Waals surface area contributed by atoms with Gasteiger partial charge in [-0.15, -0.1) is 0 Å². The van der Waals surface area contributed by atoms with Gasteiger partial charge in [0.2, 0.25) is 0 Å². The maximum Gasteiger partial charge on any atom is 0.435 e. The molecule has 0 aliphatic rings. The van der Waals surface area contributed by atoms with Crippen LogP contribution in [0.25, 0.3) is 22.0 Å². The van der Waals surface area contributed by atoms with Crippen LogP contribution in [-0.2, 0) is 4.74 Å². The van der Waals surface area contributed by atoms with E-state index in [-0.39, 0.29) is 22.5 Å². The summed E-state index contributed by atoms with van der Waals surface area (Å²) >= 11 is 0. The minimum Gasteiger partial charge on any atom is -0.442 e. The number of anilines is 1. The monoisotopic (exact) mass is 376 g/mol. The van der Waals surface area contributed by atoms with Gasteiger partial charge in [-0.3, -0.25) is 4.79 Å². The Balaban J connectivity index is 2.19. The molecule has 0 radical (unpaired) electrons. The number of rotatable bonds is 1. The van der Waals surface area contributed by atoms with Crippen LogP contribution in [0, 0.1) is 22.7 Å². The van der Waals surface area contributed by atoms with Crippen LogP contribution in [-0.4, -0.2) is 26.5 Å². The normalized spacial score (nSPS) is 11.0. The first kappa shape index (κ1) is 18.7. The zero-order chi connectivity index (χ0) is 20.6. The van der Waals surface area contributed by atoms with E-state index in [2.05, 4.69) is 10.1 Å². The van der Waals surface area contributed by atoms with E-state index in [4.69, 9.17) is 10.5 Å². The van der Waals surface area contributed by atoms with Crippen molar-refractivity contribution in [1.82, 2.24) is 14.8 Å². The van der Waals surface area contributed by atoms with E-state index in [1.807, 2.05) is 12.1 Å². The Hall–Kier alpha value is -4.11. The molecule has 3 aromatic rings. The fraction of sp³-hybridized carbons (Fsp3) is 0.211. The first-order valence-corrected chi connectivity index (χ1v) is 8.23. The van der Waals surface area contributed by atoms with Crippen LogP contribution in [0.1, 0.15) is 31.9 Å². The van der Waals surface area contributed by atoms with E-state index in [0.29, 0.717) is 16.5 Å². The van der Waals surface area contributed by atoms with Crippen LogP contribution in [0.3, 0.4) is 0 Å². The average Bonchev–Trinajstić information content (AvgIpc) is 3.03. The predicted octanol–water partition coefficient (Wildman–Crippen LogP) is 2.50. The molecule has 9 heteroatoms. The highest BCUT2D eigenvalue weighted by molar-refractivity contribution is 5.92. The summed E-state index contributed by atoms with van der Waals surface area (Å²) in [7, 11) is 0. The first-order valence-electron chi connectivity index (χ1n) is 8.23. The lowest BCUT2D eigenvalue weighted by atomic mass is 9.96. The van der Waals surface area contributed by atoms with E-state index in [0.717, 1.165) is 4.68 Å². The number of carbonyl (C=O) groups is 1. The van der Waals surface area contributed by atoms with E-state index in [1.54, 1.807) is 39.0 Å². The van der Waals surface area contributed by atoms with Crippen molar-refractivity contribution in [3.05, 3.63) is 45.9 Å². The largest absolute Gasteiger partial charge is 0.442 e. The van der Waals surface area contributed by atoms with Gasteiger partial charge in [0.25, 0.3) is 5.56 Å². The third-order valence-corrected chi connectivity index (χ3v) is 3.89. The third kappa shape index (κ3) is 3.17. The van der Waals surface area contributed by atoms with Crippen LogP contribution >= 0.6 is 0 Å². The van der Waals surface area contributed by atoms with Gasteiger partial charge in [0, 0.05) is 10.9 Å². The SMILES string of the molecule is CC(C)(C)OC(=O)n1ncc2cc(-c3c(C#N)c(N)[nH]c(=O)c3C#N)ccc21. The molecule has 0 aliphatic heterocycles. The van der Waals surface area contributed by atoms with Crippen LogP contribution in [0.4, 0.5) is 10.6 Å². The summed E-state index contributed by atoms with van der Waals surface area (Å²) in [5.74, 6) is -0.119. The van der Waals surface area contributed by atoms with Gasteiger partial charge >= 0.3 is 6.09 Å². The number of nitrogens with one attached hydrogen (secondary N) is 1. The molecule has 2 heterocycles. The summed E-state index contributed by atoms with van der Waals surface area (Å²) < 4.78 is 6.44. The molecule has 9 nitrogen and oxygen atoms in total. The summed E-state index contributed by atoms with van der Waals surface area (Å²) in [6.07, 6.45) is 0.822. The van der Waals surface area contributed by atoms with Crippen LogP contribution in [0.2, 0.25) is 0 Å². The molecule has 28 heavy (non-hydrogen) atoms. The number of hydrogen-bond donors (Lipinski definition) is 2. The number of pyridine rings is 1. The topological polar surface area (TPSA) is 151 Å². The van der Waals surface area contributed by atoms with E-state index < -0.39 is 17.3 Å². The molecule has 0 fully saturated rings. The number of aromatic amines is 1. The number of H-pyrrole nitrogens is 1. The van der Waals surface area contributed by atoms with Crippen molar-refractivity contribution in [2.75, 3.05) is 5.73 Å². The Morgan fingerprint density at radius 1 is 1.25 bits per heavy atom. The summed E-state index contributed by atoms with van der Waals surface area (Å²) in [4.78, 5) is 26.7. The van der Waals surface area contributed by atoms with Gasteiger partial charge in [0.15, 0.2) is 0 Å². The maximum absolute atomic E-state index is 12.3. The lowest BCUT2D eigenvalue weighted by molar-refractivity contribution is 0.0522. The molecule has 140 valence electrons. The fourth-order valence-corrected chi connectivity index (χ4v) is 2.77. The van der Waals surface area contributed by atoms with Gasteiger partial charge in [-0.05, 0) is 38.5 Å². The van der Waals surface area contributed by atoms with Crippen molar-refractivity contribution in [3.63, 3.8) is 0 Å². The molecule has 3 N–H and O–H groups in total.